The van der Waals surface area contributed by atoms with Gasteiger partial charge in [0.05, 0.1) is 23.0 Å². The van der Waals surface area contributed by atoms with Crippen LogP contribution in [0.4, 0.5) is 16.3 Å². The molecule has 1 saturated heterocycles. The molecule has 3 rings (SSSR count). The van der Waals surface area contributed by atoms with E-state index in [-0.39, 0.29) is 22.7 Å². The van der Waals surface area contributed by atoms with Crippen molar-refractivity contribution in [2.75, 3.05) is 38.3 Å². The number of anilines is 1. The summed E-state index contributed by atoms with van der Waals surface area (Å²) < 4.78 is 10.9. The number of amides is 1. The third-order valence-electron chi connectivity index (χ3n) is 4.72. The number of methoxy groups -OCH3 is 1. The molecule has 1 aliphatic rings. The molecule has 9 heteroatoms. The smallest absolute Gasteiger partial charge is 0.410 e. The van der Waals surface area contributed by atoms with Gasteiger partial charge in [-0.3, -0.25) is 10.1 Å². The van der Waals surface area contributed by atoms with E-state index < -0.39 is 5.60 Å². The first-order chi connectivity index (χ1) is 14.7. The van der Waals surface area contributed by atoms with E-state index in [1.165, 1.54) is 6.07 Å². The Hall–Kier alpha value is -2.94. The van der Waals surface area contributed by atoms with E-state index in [4.69, 9.17) is 9.47 Å². The Kier molecular flexibility index (Phi) is 8.15. The van der Waals surface area contributed by atoms with Gasteiger partial charge in [-0.1, -0.05) is 26.0 Å². The quantitative estimate of drug-likeness (QED) is 0.526. The van der Waals surface area contributed by atoms with Gasteiger partial charge in [0.2, 0.25) is 0 Å². The molecule has 1 aromatic heterocycles. The van der Waals surface area contributed by atoms with E-state index in [0.717, 1.165) is 0 Å². The minimum absolute atomic E-state index is 0.0434. The lowest BCUT2D eigenvalue weighted by Crippen LogP contribution is -2.57. The normalized spacial score (nSPS) is 16.5. The number of carbonyl (C=O) groups excluding carboxylic acids is 1. The van der Waals surface area contributed by atoms with Crippen molar-refractivity contribution in [3.63, 3.8) is 0 Å². The minimum Gasteiger partial charge on any atom is -0.444 e. The number of ether oxygens (including phenoxy) is 2. The van der Waals surface area contributed by atoms with Gasteiger partial charge in [-0.05, 0) is 26.8 Å². The Morgan fingerprint density at radius 3 is 2.55 bits per heavy atom. The Morgan fingerprint density at radius 1 is 1.23 bits per heavy atom. The zero-order valence-corrected chi connectivity index (χ0v) is 19.1. The average molecular weight is 433 g/mol. The molecule has 0 N–H and O–H groups in total. The summed E-state index contributed by atoms with van der Waals surface area (Å²) in [5.74, 6) is 0.650. The van der Waals surface area contributed by atoms with Crippen LogP contribution in [0.2, 0.25) is 0 Å². The van der Waals surface area contributed by atoms with Gasteiger partial charge in [-0.15, -0.1) is 0 Å². The molecule has 0 radical (unpaired) electrons. The summed E-state index contributed by atoms with van der Waals surface area (Å²) >= 11 is 0. The number of aromatic nitrogens is 1. The van der Waals surface area contributed by atoms with Crippen molar-refractivity contribution in [3.05, 3.63) is 40.6 Å². The van der Waals surface area contributed by atoms with E-state index in [9.17, 15) is 14.9 Å². The molecule has 0 bridgehead atoms. The number of pyridine rings is 1. The summed E-state index contributed by atoms with van der Waals surface area (Å²) in [7, 11) is 1.60. The minimum atomic E-state index is -0.568. The second-order valence-electron chi connectivity index (χ2n) is 7.99. The first kappa shape index (κ1) is 24.3. The number of hydrogen-bond donors (Lipinski definition) is 0. The number of fused-ring (bicyclic) bond motifs is 1. The maximum atomic E-state index is 12.5. The van der Waals surface area contributed by atoms with Crippen LogP contribution in [-0.2, 0) is 9.47 Å². The monoisotopic (exact) mass is 432 g/mol. The number of nitro groups is 1. The molecule has 9 nitrogen and oxygen atoms in total. The van der Waals surface area contributed by atoms with Crippen molar-refractivity contribution in [2.45, 2.75) is 46.3 Å². The highest BCUT2D eigenvalue weighted by Gasteiger charge is 2.33. The summed E-state index contributed by atoms with van der Waals surface area (Å²) in [4.78, 5) is 31.7. The van der Waals surface area contributed by atoms with Gasteiger partial charge in [0, 0.05) is 44.4 Å². The molecule has 1 aromatic carbocycles. The van der Waals surface area contributed by atoms with Crippen LogP contribution in [-0.4, -0.2) is 65.9 Å². The number of benzene rings is 1. The molecular weight excluding hydrogens is 400 g/mol. The molecule has 1 aliphatic heterocycles. The zero-order chi connectivity index (χ0) is 23.2. The number of nitrogens with zero attached hydrogens (tertiary/aromatic N) is 4. The highest BCUT2D eigenvalue weighted by atomic mass is 16.6. The molecule has 31 heavy (non-hydrogen) atoms. The van der Waals surface area contributed by atoms with Gasteiger partial charge in [0.1, 0.15) is 11.4 Å². The van der Waals surface area contributed by atoms with Gasteiger partial charge in [0.25, 0.3) is 5.69 Å². The van der Waals surface area contributed by atoms with Crippen LogP contribution in [0.15, 0.2) is 30.5 Å². The van der Waals surface area contributed by atoms with Crippen LogP contribution in [0.1, 0.15) is 34.6 Å². The lowest BCUT2D eigenvalue weighted by atomic mass is 10.1. The van der Waals surface area contributed by atoms with E-state index in [1.54, 1.807) is 30.3 Å². The summed E-state index contributed by atoms with van der Waals surface area (Å²) in [5, 5.41) is 12.6. The topological polar surface area (TPSA) is 98.0 Å². The molecule has 2 heterocycles. The Bertz CT molecular complexity index is 912. The second kappa shape index (κ2) is 10.4. The Labute approximate surface area is 183 Å². The average Bonchev–Trinajstić information content (AvgIpc) is 2.73. The summed E-state index contributed by atoms with van der Waals surface area (Å²) in [6.07, 6.45) is 1.22. The van der Waals surface area contributed by atoms with Crippen LogP contribution in [0, 0.1) is 10.1 Å². The lowest BCUT2D eigenvalue weighted by molar-refractivity contribution is -0.383. The third-order valence-corrected chi connectivity index (χ3v) is 4.72. The number of hydrogen-bond acceptors (Lipinski definition) is 7. The van der Waals surface area contributed by atoms with E-state index >= 15 is 0 Å². The van der Waals surface area contributed by atoms with Crippen LogP contribution in [0.3, 0.4) is 0 Å². The Balaban J connectivity index is 0.00000166. The predicted molar refractivity (Wildman–Crippen MR) is 121 cm³/mol. The van der Waals surface area contributed by atoms with Gasteiger partial charge >= 0.3 is 6.09 Å². The second-order valence-corrected chi connectivity index (χ2v) is 7.99. The molecule has 0 spiro atoms. The van der Waals surface area contributed by atoms with Gasteiger partial charge in [-0.2, -0.15) is 0 Å². The molecule has 1 fully saturated rings. The fourth-order valence-electron chi connectivity index (χ4n) is 3.52. The van der Waals surface area contributed by atoms with Crippen molar-refractivity contribution in [1.82, 2.24) is 9.88 Å². The van der Waals surface area contributed by atoms with Crippen LogP contribution in [0.5, 0.6) is 0 Å². The number of carbonyl (C=O) groups is 1. The molecule has 170 valence electrons. The summed E-state index contributed by atoms with van der Waals surface area (Å²) in [6, 6.07) is 6.47. The number of non-ortho nitro benzene ring substituents is 1. The van der Waals surface area contributed by atoms with Crippen LogP contribution < -0.4 is 4.90 Å². The summed E-state index contributed by atoms with van der Waals surface area (Å²) in [6.45, 7) is 11.3. The number of piperazine rings is 1. The van der Waals surface area contributed by atoms with E-state index in [2.05, 4.69) is 9.88 Å². The van der Waals surface area contributed by atoms with E-state index in [1.807, 2.05) is 40.7 Å². The first-order valence-corrected chi connectivity index (χ1v) is 10.5. The van der Waals surface area contributed by atoms with Crippen LogP contribution >= 0.6 is 0 Å². The molecular formula is C22H32N4O5. The highest BCUT2D eigenvalue weighted by molar-refractivity contribution is 5.98. The highest BCUT2D eigenvalue weighted by Crippen LogP contribution is 2.32. The standard InChI is InChI=1S/C20H26N4O5.C2H6/c1-20(2,3)29-19(25)22-10-11-23(14(12-22)13-28-4)18-16-6-5-7-17(24(26)27)15(16)8-9-21-18;1-2/h5-9,14H,10-13H2,1-4H3;1-2H3. The van der Waals surface area contributed by atoms with Crippen molar-refractivity contribution >= 4 is 28.4 Å². The molecule has 2 aromatic rings. The van der Waals surface area contributed by atoms with Gasteiger partial charge in [0.15, 0.2) is 0 Å². The van der Waals surface area contributed by atoms with Crippen molar-refractivity contribution in [3.8, 4) is 0 Å². The largest absolute Gasteiger partial charge is 0.444 e. The molecule has 0 aliphatic carbocycles. The van der Waals surface area contributed by atoms with E-state index in [0.29, 0.717) is 42.8 Å². The lowest BCUT2D eigenvalue weighted by Gasteiger charge is -2.42. The molecule has 1 amide bonds. The third kappa shape index (κ3) is 5.81. The van der Waals surface area contributed by atoms with Gasteiger partial charge < -0.3 is 19.3 Å². The summed E-state index contributed by atoms with van der Waals surface area (Å²) in [5.41, 5.74) is -0.525. The predicted octanol–water partition coefficient (Wildman–Crippen LogP) is 4.24. The maximum Gasteiger partial charge on any atom is 0.410 e. The van der Waals surface area contributed by atoms with Crippen LogP contribution in [0.25, 0.3) is 10.8 Å². The van der Waals surface area contributed by atoms with Crippen molar-refractivity contribution in [1.29, 1.82) is 0 Å². The Morgan fingerprint density at radius 2 is 1.94 bits per heavy atom. The number of rotatable bonds is 4. The van der Waals surface area contributed by atoms with Crippen molar-refractivity contribution < 1.29 is 19.2 Å². The number of nitro benzene ring substituents is 1. The first-order valence-electron chi connectivity index (χ1n) is 10.5. The van der Waals surface area contributed by atoms with Crippen molar-refractivity contribution in [2.24, 2.45) is 0 Å². The SMILES string of the molecule is CC.COCC1CN(C(=O)OC(C)(C)C)CCN1c1nccc2c([N+](=O)[O-])cccc12. The molecule has 1 unspecified atom stereocenters. The van der Waals surface area contributed by atoms with Gasteiger partial charge in [-0.25, -0.2) is 9.78 Å². The molecule has 1 atom stereocenters. The zero-order valence-electron chi connectivity index (χ0n) is 19.1. The fraction of sp³-hybridized carbons (Fsp3) is 0.545. The maximum absolute atomic E-state index is 12.5. The molecule has 0 saturated carbocycles. The fourth-order valence-corrected chi connectivity index (χ4v) is 3.52.